The SMILES string of the molecule is O=C(C1CCC1)N(Cc1cccc(Cl)c1)C[C@@H]1CC(c2ccc(F)cc2)=NO1. The van der Waals surface area contributed by atoms with E-state index in [0.717, 1.165) is 36.1 Å². The summed E-state index contributed by atoms with van der Waals surface area (Å²) < 4.78 is 13.1. The zero-order chi connectivity index (χ0) is 19.5. The Bertz CT molecular complexity index is 880. The van der Waals surface area contributed by atoms with Crippen LogP contribution in [-0.2, 0) is 16.2 Å². The van der Waals surface area contributed by atoms with Crippen LogP contribution in [0.5, 0.6) is 0 Å². The molecule has 0 N–H and O–H groups in total. The molecule has 1 amide bonds. The highest BCUT2D eigenvalue weighted by atomic mass is 35.5. The van der Waals surface area contributed by atoms with Crippen molar-refractivity contribution >= 4 is 23.2 Å². The second-order valence-electron chi connectivity index (χ2n) is 7.45. The quantitative estimate of drug-likeness (QED) is 0.698. The van der Waals surface area contributed by atoms with Gasteiger partial charge in [0.2, 0.25) is 5.91 Å². The summed E-state index contributed by atoms with van der Waals surface area (Å²) in [7, 11) is 0. The molecule has 0 unspecified atom stereocenters. The van der Waals surface area contributed by atoms with Crippen LogP contribution in [0.25, 0.3) is 0 Å². The molecule has 2 aliphatic rings. The smallest absolute Gasteiger partial charge is 0.226 e. The van der Waals surface area contributed by atoms with Crippen molar-refractivity contribution in [1.29, 1.82) is 0 Å². The normalized spacial score (nSPS) is 18.9. The number of amides is 1. The molecule has 4 nitrogen and oxygen atoms in total. The van der Waals surface area contributed by atoms with E-state index < -0.39 is 0 Å². The number of hydrogen-bond acceptors (Lipinski definition) is 3. The first-order chi connectivity index (χ1) is 13.6. The Morgan fingerprint density at radius 1 is 1.21 bits per heavy atom. The summed E-state index contributed by atoms with van der Waals surface area (Å²) in [5, 5.41) is 4.82. The number of halogens is 2. The molecule has 6 heteroatoms. The molecule has 1 aliphatic carbocycles. The number of benzene rings is 2. The second kappa shape index (κ2) is 8.31. The summed E-state index contributed by atoms with van der Waals surface area (Å²) in [4.78, 5) is 20.4. The molecule has 0 spiro atoms. The number of oxime groups is 1. The van der Waals surface area contributed by atoms with Crippen LogP contribution in [0.3, 0.4) is 0 Å². The molecule has 0 radical (unpaired) electrons. The zero-order valence-electron chi connectivity index (χ0n) is 15.5. The molecule has 1 heterocycles. The first-order valence-electron chi connectivity index (χ1n) is 9.60. The van der Waals surface area contributed by atoms with Crippen molar-refractivity contribution < 1.29 is 14.0 Å². The van der Waals surface area contributed by atoms with Gasteiger partial charge in [-0.2, -0.15) is 0 Å². The number of nitrogens with zero attached hydrogens (tertiary/aromatic N) is 2. The number of rotatable bonds is 6. The fraction of sp³-hybridized carbons (Fsp3) is 0.364. The Balaban J connectivity index is 1.43. The topological polar surface area (TPSA) is 41.9 Å². The van der Waals surface area contributed by atoms with E-state index in [1.165, 1.54) is 12.1 Å². The van der Waals surface area contributed by atoms with E-state index in [-0.39, 0.29) is 23.7 Å². The summed E-state index contributed by atoms with van der Waals surface area (Å²) in [6, 6.07) is 13.8. The van der Waals surface area contributed by atoms with Crippen molar-refractivity contribution in [3.63, 3.8) is 0 Å². The highest BCUT2D eigenvalue weighted by molar-refractivity contribution is 6.30. The van der Waals surface area contributed by atoms with E-state index in [2.05, 4.69) is 5.16 Å². The molecule has 1 atom stereocenters. The maximum Gasteiger partial charge on any atom is 0.226 e. The number of carbonyl (C=O) groups excluding carboxylic acids is 1. The van der Waals surface area contributed by atoms with E-state index in [0.29, 0.717) is 24.5 Å². The summed E-state index contributed by atoms with van der Waals surface area (Å²) in [5.41, 5.74) is 2.62. The van der Waals surface area contributed by atoms with Gasteiger partial charge in [-0.1, -0.05) is 47.4 Å². The van der Waals surface area contributed by atoms with Gasteiger partial charge in [-0.15, -0.1) is 0 Å². The predicted octanol–water partition coefficient (Wildman–Crippen LogP) is 4.80. The van der Waals surface area contributed by atoms with Crippen molar-refractivity contribution in [3.8, 4) is 0 Å². The molecule has 146 valence electrons. The third-order valence-corrected chi connectivity index (χ3v) is 5.60. The van der Waals surface area contributed by atoms with Crippen LogP contribution in [0.15, 0.2) is 53.7 Å². The third-order valence-electron chi connectivity index (χ3n) is 5.36. The van der Waals surface area contributed by atoms with Crippen LogP contribution in [-0.4, -0.2) is 29.2 Å². The lowest BCUT2D eigenvalue weighted by atomic mass is 9.84. The van der Waals surface area contributed by atoms with Gasteiger partial charge in [-0.3, -0.25) is 4.79 Å². The van der Waals surface area contributed by atoms with Crippen LogP contribution < -0.4 is 0 Å². The zero-order valence-corrected chi connectivity index (χ0v) is 16.2. The van der Waals surface area contributed by atoms with Gasteiger partial charge < -0.3 is 9.74 Å². The Hall–Kier alpha value is -2.40. The van der Waals surface area contributed by atoms with Gasteiger partial charge in [-0.05, 0) is 48.2 Å². The predicted molar refractivity (Wildman–Crippen MR) is 107 cm³/mol. The Morgan fingerprint density at radius 2 is 2.00 bits per heavy atom. The molecule has 0 bridgehead atoms. The van der Waals surface area contributed by atoms with Crippen LogP contribution in [0.4, 0.5) is 4.39 Å². The lowest BCUT2D eigenvalue weighted by molar-refractivity contribution is -0.140. The fourth-order valence-corrected chi connectivity index (χ4v) is 3.80. The van der Waals surface area contributed by atoms with Crippen molar-refractivity contribution in [1.82, 2.24) is 4.90 Å². The van der Waals surface area contributed by atoms with Crippen molar-refractivity contribution in [2.75, 3.05) is 6.54 Å². The molecule has 28 heavy (non-hydrogen) atoms. The molecule has 1 fully saturated rings. The van der Waals surface area contributed by atoms with Gasteiger partial charge in [0.25, 0.3) is 0 Å². The molecule has 1 aliphatic heterocycles. The van der Waals surface area contributed by atoms with Gasteiger partial charge in [0.05, 0.1) is 12.3 Å². The second-order valence-corrected chi connectivity index (χ2v) is 7.89. The van der Waals surface area contributed by atoms with Crippen LogP contribution >= 0.6 is 11.6 Å². The van der Waals surface area contributed by atoms with Crippen LogP contribution in [0.1, 0.15) is 36.8 Å². The summed E-state index contributed by atoms with van der Waals surface area (Å²) >= 11 is 6.10. The number of hydrogen-bond donors (Lipinski definition) is 0. The minimum Gasteiger partial charge on any atom is -0.390 e. The van der Waals surface area contributed by atoms with E-state index in [1.807, 2.05) is 29.2 Å². The van der Waals surface area contributed by atoms with Gasteiger partial charge in [0.15, 0.2) is 6.10 Å². The van der Waals surface area contributed by atoms with E-state index in [4.69, 9.17) is 16.4 Å². The van der Waals surface area contributed by atoms with Gasteiger partial charge >= 0.3 is 0 Å². The third kappa shape index (κ3) is 4.36. The van der Waals surface area contributed by atoms with Crippen LogP contribution in [0.2, 0.25) is 5.02 Å². The number of carbonyl (C=O) groups is 1. The van der Waals surface area contributed by atoms with Gasteiger partial charge in [0, 0.05) is 23.9 Å². The highest BCUT2D eigenvalue weighted by Gasteiger charge is 2.33. The first-order valence-corrected chi connectivity index (χ1v) is 9.98. The average molecular weight is 401 g/mol. The summed E-state index contributed by atoms with van der Waals surface area (Å²) in [6.07, 6.45) is 3.40. The summed E-state index contributed by atoms with van der Waals surface area (Å²) in [5.74, 6) is 0.00161. The molecule has 0 saturated heterocycles. The first kappa shape index (κ1) is 18.9. The highest BCUT2D eigenvalue weighted by Crippen LogP contribution is 2.30. The average Bonchev–Trinajstić information content (AvgIpc) is 3.09. The maximum atomic E-state index is 13.1. The van der Waals surface area contributed by atoms with Gasteiger partial charge in [-0.25, -0.2) is 4.39 Å². The summed E-state index contributed by atoms with van der Waals surface area (Å²) in [6.45, 7) is 0.970. The van der Waals surface area contributed by atoms with Gasteiger partial charge in [0.1, 0.15) is 5.82 Å². The Labute approximate surface area is 168 Å². The minimum atomic E-state index is -0.279. The van der Waals surface area contributed by atoms with Crippen molar-refractivity contribution in [3.05, 3.63) is 70.5 Å². The molecular formula is C22H22ClFN2O2. The van der Waals surface area contributed by atoms with E-state index >= 15 is 0 Å². The lowest BCUT2D eigenvalue weighted by Crippen LogP contribution is -2.42. The Morgan fingerprint density at radius 3 is 2.68 bits per heavy atom. The molecule has 2 aromatic rings. The fourth-order valence-electron chi connectivity index (χ4n) is 3.59. The molecule has 4 rings (SSSR count). The van der Waals surface area contributed by atoms with E-state index in [9.17, 15) is 9.18 Å². The molecule has 0 aromatic heterocycles. The standard InChI is InChI=1S/C22H22ClFN2O2/c23-18-6-1-3-15(11-18)13-26(22(27)17-4-2-5-17)14-20-12-21(25-28-20)16-7-9-19(24)10-8-16/h1,3,6-11,17,20H,2,4-5,12-14H2/t20-/m0/s1. The molecule has 1 saturated carbocycles. The molecular weight excluding hydrogens is 379 g/mol. The van der Waals surface area contributed by atoms with Crippen LogP contribution in [0, 0.1) is 11.7 Å². The minimum absolute atomic E-state index is 0.109. The van der Waals surface area contributed by atoms with Crippen molar-refractivity contribution in [2.24, 2.45) is 11.1 Å². The largest absolute Gasteiger partial charge is 0.390 e. The van der Waals surface area contributed by atoms with Crippen molar-refractivity contribution in [2.45, 2.75) is 38.3 Å². The monoisotopic (exact) mass is 400 g/mol. The molecule has 2 aromatic carbocycles. The van der Waals surface area contributed by atoms with E-state index in [1.54, 1.807) is 12.1 Å². The Kier molecular flexibility index (Phi) is 5.62. The maximum absolute atomic E-state index is 13.1. The lowest BCUT2D eigenvalue weighted by Gasteiger charge is -2.32.